The molecule has 0 spiro atoms. The second kappa shape index (κ2) is 5.79. The second-order valence-corrected chi connectivity index (χ2v) is 6.67. The number of carboxylic acid groups (broad SMARTS) is 1. The number of thiophene rings is 1. The van der Waals surface area contributed by atoms with Crippen molar-refractivity contribution in [3.8, 4) is 0 Å². The maximum absolute atomic E-state index is 12.0. The van der Waals surface area contributed by atoms with E-state index in [1.807, 2.05) is 19.0 Å². The van der Waals surface area contributed by atoms with E-state index in [1.165, 1.54) is 5.38 Å². The topological polar surface area (TPSA) is 86.7 Å². The second-order valence-electron chi connectivity index (χ2n) is 4.08. The number of nitrogens with zero attached hydrogens (tertiary/aromatic N) is 1. The van der Waals surface area contributed by atoms with Crippen molar-refractivity contribution in [1.29, 1.82) is 0 Å². The first-order valence-corrected chi connectivity index (χ1v) is 7.57. The lowest BCUT2D eigenvalue weighted by molar-refractivity contribution is 0.0698. The number of nitrogens with one attached hydrogen (secondary N) is 1. The van der Waals surface area contributed by atoms with Gasteiger partial charge in [0.25, 0.3) is 0 Å². The summed E-state index contributed by atoms with van der Waals surface area (Å²) >= 11 is 0.922. The highest BCUT2D eigenvalue weighted by Gasteiger charge is 2.26. The lowest BCUT2D eigenvalue weighted by atomic mass is 10.3. The molecule has 0 aliphatic rings. The standard InChI is InChI=1S/C10H16N2O4S2/c1-7-6-17-8(10(13)14)9(7)18(15,16)11-4-5-12(2)3/h6,11H,4-5H2,1-3H3,(H,13,14). The molecule has 1 heterocycles. The normalized spacial score (nSPS) is 12.0. The minimum Gasteiger partial charge on any atom is -0.477 e. The van der Waals surface area contributed by atoms with Gasteiger partial charge in [-0.15, -0.1) is 11.3 Å². The van der Waals surface area contributed by atoms with E-state index < -0.39 is 16.0 Å². The number of hydrogen-bond donors (Lipinski definition) is 2. The van der Waals surface area contributed by atoms with Gasteiger partial charge in [-0.05, 0) is 32.0 Å². The molecule has 0 amide bonds. The third-order valence-corrected chi connectivity index (χ3v) is 5.09. The summed E-state index contributed by atoms with van der Waals surface area (Å²) in [6.07, 6.45) is 0. The lowest BCUT2D eigenvalue weighted by Crippen LogP contribution is -2.32. The molecule has 1 aromatic rings. The van der Waals surface area contributed by atoms with E-state index in [9.17, 15) is 13.2 Å². The fraction of sp³-hybridized carbons (Fsp3) is 0.500. The van der Waals surface area contributed by atoms with Gasteiger partial charge in [-0.3, -0.25) is 0 Å². The minimum absolute atomic E-state index is 0.126. The molecule has 1 rings (SSSR count). The van der Waals surface area contributed by atoms with Crippen LogP contribution < -0.4 is 4.72 Å². The first-order chi connectivity index (χ1) is 8.25. The van der Waals surface area contributed by atoms with Gasteiger partial charge < -0.3 is 10.0 Å². The van der Waals surface area contributed by atoms with E-state index in [0.29, 0.717) is 12.1 Å². The molecule has 8 heteroatoms. The Balaban J connectivity index is 2.98. The molecule has 0 unspecified atom stereocenters. The molecule has 0 radical (unpaired) electrons. The van der Waals surface area contributed by atoms with E-state index in [4.69, 9.17) is 5.11 Å². The number of likely N-dealkylation sites (N-methyl/N-ethyl adjacent to an activating group) is 1. The molecule has 0 aliphatic carbocycles. The van der Waals surface area contributed by atoms with Gasteiger partial charge in [-0.1, -0.05) is 0 Å². The third kappa shape index (κ3) is 3.52. The average Bonchev–Trinajstić information content (AvgIpc) is 2.59. The quantitative estimate of drug-likeness (QED) is 0.801. The van der Waals surface area contributed by atoms with Crippen LogP contribution in [0.25, 0.3) is 0 Å². The summed E-state index contributed by atoms with van der Waals surface area (Å²) in [5.74, 6) is -1.22. The summed E-state index contributed by atoms with van der Waals surface area (Å²) in [5.41, 5.74) is 0.453. The summed E-state index contributed by atoms with van der Waals surface area (Å²) in [5, 5.41) is 10.5. The molecular formula is C10H16N2O4S2. The molecule has 6 nitrogen and oxygen atoms in total. The van der Waals surface area contributed by atoms with Gasteiger partial charge in [0.05, 0.1) is 0 Å². The number of hydrogen-bond acceptors (Lipinski definition) is 5. The summed E-state index contributed by atoms with van der Waals surface area (Å²) in [4.78, 5) is 12.5. The Labute approximate surface area is 110 Å². The molecule has 0 aliphatic heterocycles. The van der Waals surface area contributed by atoms with Gasteiger partial charge in [-0.25, -0.2) is 17.9 Å². The number of carboxylic acids is 1. The van der Waals surface area contributed by atoms with Crippen molar-refractivity contribution in [3.05, 3.63) is 15.8 Å². The average molecular weight is 292 g/mol. The van der Waals surface area contributed by atoms with Gasteiger partial charge in [0.1, 0.15) is 9.77 Å². The third-order valence-electron chi connectivity index (χ3n) is 2.23. The monoisotopic (exact) mass is 292 g/mol. The molecule has 0 saturated carbocycles. The van der Waals surface area contributed by atoms with Crippen LogP contribution in [0.4, 0.5) is 0 Å². The maximum atomic E-state index is 12.0. The Bertz CT molecular complexity index is 534. The Kier molecular flexibility index (Phi) is 4.85. The predicted octanol–water partition coefficient (Wildman–Crippen LogP) is 0.595. The summed E-state index contributed by atoms with van der Waals surface area (Å²) in [6.45, 7) is 2.37. The molecule has 0 saturated heterocycles. The first-order valence-electron chi connectivity index (χ1n) is 5.21. The Hall–Kier alpha value is -0.960. The first kappa shape index (κ1) is 15.1. The largest absolute Gasteiger partial charge is 0.477 e. The van der Waals surface area contributed by atoms with Gasteiger partial charge in [-0.2, -0.15) is 0 Å². The van der Waals surface area contributed by atoms with E-state index in [2.05, 4.69) is 4.72 Å². The van der Waals surface area contributed by atoms with Crippen molar-refractivity contribution in [2.45, 2.75) is 11.8 Å². The highest BCUT2D eigenvalue weighted by Crippen LogP contribution is 2.26. The van der Waals surface area contributed by atoms with Crippen molar-refractivity contribution in [1.82, 2.24) is 9.62 Å². The Morgan fingerprint density at radius 1 is 1.50 bits per heavy atom. The molecule has 0 bridgehead atoms. The Morgan fingerprint density at radius 2 is 2.11 bits per heavy atom. The maximum Gasteiger partial charge on any atom is 0.347 e. The van der Waals surface area contributed by atoms with E-state index in [0.717, 1.165) is 11.3 Å². The van der Waals surface area contributed by atoms with E-state index in [1.54, 1.807) is 6.92 Å². The molecule has 102 valence electrons. The molecule has 0 aromatic carbocycles. The summed E-state index contributed by atoms with van der Waals surface area (Å²) < 4.78 is 26.5. The number of carbonyl (C=O) groups is 1. The van der Waals surface area contributed by atoms with Crippen LogP contribution in [-0.4, -0.2) is 51.6 Å². The molecule has 0 fully saturated rings. The highest BCUT2D eigenvalue weighted by molar-refractivity contribution is 7.89. The van der Waals surface area contributed by atoms with Crippen molar-refractivity contribution < 1.29 is 18.3 Å². The minimum atomic E-state index is -3.77. The van der Waals surface area contributed by atoms with Crippen LogP contribution in [0.15, 0.2) is 10.3 Å². The van der Waals surface area contributed by atoms with Crippen LogP contribution in [-0.2, 0) is 10.0 Å². The summed E-state index contributed by atoms with van der Waals surface area (Å²) in [7, 11) is -0.114. The van der Waals surface area contributed by atoms with Crippen molar-refractivity contribution in [2.24, 2.45) is 0 Å². The lowest BCUT2D eigenvalue weighted by Gasteiger charge is -2.11. The fourth-order valence-corrected chi connectivity index (χ4v) is 4.04. The van der Waals surface area contributed by atoms with E-state index >= 15 is 0 Å². The molecule has 0 atom stereocenters. The zero-order chi connectivity index (χ0) is 13.9. The number of rotatable bonds is 6. The highest BCUT2D eigenvalue weighted by atomic mass is 32.2. The molecule has 1 aromatic heterocycles. The molecule has 2 N–H and O–H groups in total. The van der Waals surface area contributed by atoms with Crippen molar-refractivity contribution in [2.75, 3.05) is 27.2 Å². The van der Waals surface area contributed by atoms with Gasteiger partial charge in [0, 0.05) is 13.1 Å². The van der Waals surface area contributed by atoms with Crippen molar-refractivity contribution in [3.63, 3.8) is 0 Å². The van der Waals surface area contributed by atoms with Crippen LogP contribution in [0.5, 0.6) is 0 Å². The smallest absolute Gasteiger partial charge is 0.347 e. The van der Waals surface area contributed by atoms with Crippen molar-refractivity contribution >= 4 is 27.3 Å². The van der Waals surface area contributed by atoms with Gasteiger partial charge in [0.2, 0.25) is 10.0 Å². The molecular weight excluding hydrogens is 276 g/mol. The Morgan fingerprint density at radius 3 is 2.61 bits per heavy atom. The summed E-state index contributed by atoms with van der Waals surface area (Å²) in [6, 6.07) is 0. The SMILES string of the molecule is Cc1csc(C(=O)O)c1S(=O)(=O)NCCN(C)C. The number of aryl methyl sites for hydroxylation is 1. The van der Waals surface area contributed by atoms with E-state index in [-0.39, 0.29) is 16.3 Å². The van der Waals surface area contributed by atoms with Crippen LogP contribution in [0, 0.1) is 6.92 Å². The number of sulfonamides is 1. The van der Waals surface area contributed by atoms with Gasteiger partial charge in [0.15, 0.2) is 0 Å². The molecule has 18 heavy (non-hydrogen) atoms. The van der Waals surface area contributed by atoms with Crippen LogP contribution >= 0.6 is 11.3 Å². The zero-order valence-electron chi connectivity index (χ0n) is 10.4. The van der Waals surface area contributed by atoms with Crippen LogP contribution in [0.2, 0.25) is 0 Å². The zero-order valence-corrected chi connectivity index (χ0v) is 12.1. The van der Waals surface area contributed by atoms with Gasteiger partial charge >= 0.3 is 5.97 Å². The fourth-order valence-electron chi connectivity index (χ4n) is 1.39. The number of aromatic carboxylic acids is 1. The predicted molar refractivity (Wildman–Crippen MR) is 69.8 cm³/mol. The van der Waals surface area contributed by atoms with Crippen LogP contribution in [0.1, 0.15) is 15.2 Å². The van der Waals surface area contributed by atoms with Crippen LogP contribution in [0.3, 0.4) is 0 Å².